The lowest BCUT2D eigenvalue weighted by Gasteiger charge is -2.36. The summed E-state index contributed by atoms with van der Waals surface area (Å²) in [4.78, 5) is 20.1. The molecule has 3 heterocycles. The van der Waals surface area contributed by atoms with Crippen LogP contribution < -0.4 is 20.5 Å². The number of halogens is 1. The van der Waals surface area contributed by atoms with Gasteiger partial charge < -0.3 is 19.9 Å². The monoisotopic (exact) mass is 461 g/mol. The molecule has 34 heavy (non-hydrogen) atoms. The number of rotatable bonds is 5. The van der Waals surface area contributed by atoms with Gasteiger partial charge in [-0.15, -0.1) is 0 Å². The number of nitriles is 1. The molecular formula is C26H28FN5O2. The normalized spacial score (nSPS) is 16.1. The van der Waals surface area contributed by atoms with Crippen molar-refractivity contribution in [1.82, 2.24) is 9.88 Å². The fourth-order valence-corrected chi connectivity index (χ4v) is 5.00. The number of piperazine rings is 1. The van der Waals surface area contributed by atoms with Crippen molar-refractivity contribution in [2.45, 2.75) is 26.3 Å². The first kappa shape index (κ1) is 22.2. The summed E-state index contributed by atoms with van der Waals surface area (Å²) in [6, 6.07) is 10.7. The molecule has 0 bridgehead atoms. The van der Waals surface area contributed by atoms with Crippen LogP contribution in [0.15, 0.2) is 35.1 Å². The maximum Gasteiger partial charge on any atom is 0.253 e. The van der Waals surface area contributed by atoms with E-state index in [0.29, 0.717) is 37.5 Å². The molecule has 0 atom stereocenters. The highest BCUT2D eigenvalue weighted by molar-refractivity contribution is 5.98. The Balaban J connectivity index is 1.36. The van der Waals surface area contributed by atoms with Crippen LogP contribution in [-0.4, -0.2) is 49.2 Å². The second-order valence-electron chi connectivity index (χ2n) is 8.83. The largest absolute Gasteiger partial charge is 0.493 e. The summed E-state index contributed by atoms with van der Waals surface area (Å²) in [6.07, 6.45) is 1.72. The lowest BCUT2D eigenvalue weighted by atomic mass is 9.99. The molecule has 8 heteroatoms. The van der Waals surface area contributed by atoms with E-state index in [0.717, 1.165) is 65.9 Å². The van der Waals surface area contributed by atoms with Crippen LogP contribution in [0, 0.1) is 17.1 Å². The first-order valence-corrected chi connectivity index (χ1v) is 11.8. The van der Waals surface area contributed by atoms with Crippen molar-refractivity contribution in [3.05, 3.63) is 63.2 Å². The number of nitrogens with one attached hydrogen (secondary N) is 2. The number of nitrogens with zero attached hydrogens (tertiary/aromatic N) is 3. The number of ether oxygens (including phenoxy) is 1. The van der Waals surface area contributed by atoms with Gasteiger partial charge in [0, 0.05) is 44.8 Å². The average Bonchev–Trinajstić information content (AvgIpc) is 2.85. The topological polar surface area (TPSA) is 84.4 Å². The minimum Gasteiger partial charge on any atom is -0.493 e. The van der Waals surface area contributed by atoms with Crippen molar-refractivity contribution in [2.24, 2.45) is 0 Å². The SMILES string of the molecule is CCOc1cc(CN2CCN(c3ccc(C#N)cc3F)CC2)cc2[nH]c(=O)c3c(c12)NCCC3. The van der Waals surface area contributed by atoms with Gasteiger partial charge in [0.25, 0.3) is 5.56 Å². The zero-order valence-electron chi connectivity index (χ0n) is 19.3. The number of aromatic nitrogens is 1. The van der Waals surface area contributed by atoms with Crippen LogP contribution in [-0.2, 0) is 13.0 Å². The minimum atomic E-state index is -0.357. The highest BCUT2D eigenvalue weighted by Crippen LogP contribution is 2.36. The summed E-state index contributed by atoms with van der Waals surface area (Å²) in [5.41, 5.74) is 4.40. The molecule has 0 spiro atoms. The third-order valence-electron chi connectivity index (χ3n) is 6.64. The fourth-order valence-electron chi connectivity index (χ4n) is 5.00. The van der Waals surface area contributed by atoms with Gasteiger partial charge in [-0.25, -0.2) is 4.39 Å². The summed E-state index contributed by atoms with van der Waals surface area (Å²) in [5, 5.41) is 13.3. The molecule has 0 saturated carbocycles. The van der Waals surface area contributed by atoms with Gasteiger partial charge in [-0.3, -0.25) is 9.69 Å². The van der Waals surface area contributed by atoms with Gasteiger partial charge in [0.15, 0.2) is 0 Å². The number of aromatic amines is 1. The lowest BCUT2D eigenvalue weighted by Crippen LogP contribution is -2.46. The average molecular weight is 462 g/mol. The van der Waals surface area contributed by atoms with E-state index >= 15 is 0 Å². The van der Waals surface area contributed by atoms with Crippen LogP contribution in [0.1, 0.15) is 30.0 Å². The molecule has 0 amide bonds. The Hall–Kier alpha value is -3.57. The van der Waals surface area contributed by atoms with Gasteiger partial charge in [0.2, 0.25) is 0 Å². The number of hydrogen-bond donors (Lipinski definition) is 2. The summed E-state index contributed by atoms with van der Waals surface area (Å²) in [7, 11) is 0. The van der Waals surface area contributed by atoms with Gasteiger partial charge >= 0.3 is 0 Å². The summed E-state index contributed by atoms with van der Waals surface area (Å²) >= 11 is 0. The quantitative estimate of drug-likeness (QED) is 0.604. The number of pyridine rings is 1. The molecule has 5 rings (SSSR count). The van der Waals surface area contributed by atoms with E-state index in [-0.39, 0.29) is 11.4 Å². The molecule has 2 aliphatic heterocycles. The predicted octanol–water partition coefficient (Wildman–Crippen LogP) is 3.62. The Morgan fingerprint density at radius 1 is 1.18 bits per heavy atom. The Bertz CT molecular complexity index is 1320. The van der Waals surface area contributed by atoms with Crippen LogP contribution in [0.25, 0.3) is 10.9 Å². The van der Waals surface area contributed by atoms with Crippen LogP contribution in [0.4, 0.5) is 15.8 Å². The first-order chi connectivity index (χ1) is 16.6. The van der Waals surface area contributed by atoms with Gasteiger partial charge in [-0.1, -0.05) is 0 Å². The van der Waals surface area contributed by atoms with Gasteiger partial charge in [-0.2, -0.15) is 5.26 Å². The molecule has 2 N–H and O–H groups in total. The molecule has 0 aliphatic carbocycles. The smallest absolute Gasteiger partial charge is 0.253 e. The molecule has 7 nitrogen and oxygen atoms in total. The molecule has 1 saturated heterocycles. The number of H-pyrrole nitrogens is 1. The Morgan fingerprint density at radius 3 is 2.74 bits per heavy atom. The van der Waals surface area contributed by atoms with Crippen LogP contribution >= 0.6 is 0 Å². The first-order valence-electron chi connectivity index (χ1n) is 11.8. The van der Waals surface area contributed by atoms with Crippen LogP contribution in [0.2, 0.25) is 0 Å². The summed E-state index contributed by atoms with van der Waals surface area (Å²) in [6.45, 7) is 7.03. The maximum atomic E-state index is 14.4. The number of anilines is 2. The van der Waals surface area contributed by atoms with E-state index < -0.39 is 0 Å². The third-order valence-corrected chi connectivity index (χ3v) is 6.64. The van der Waals surface area contributed by atoms with Crippen LogP contribution in [0.5, 0.6) is 5.75 Å². The van der Waals surface area contributed by atoms with E-state index in [4.69, 9.17) is 10.00 Å². The molecule has 0 radical (unpaired) electrons. The van der Waals surface area contributed by atoms with Crippen molar-refractivity contribution in [3.63, 3.8) is 0 Å². The lowest BCUT2D eigenvalue weighted by molar-refractivity contribution is 0.249. The van der Waals surface area contributed by atoms with Crippen molar-refractivity contribution in [1.29, 1.82) is 5.26 Å². The number of hydrogen-bond acceptors (Lipinski definition) is 6. The van der Waals surface area contributed by atoms with E-state index in [1.54, 1.807) is 12.1 Å². The van der Waals surface area contributed by atoms with E-state index in [9.17, 15) is 9.18 Å². The maximum absolute atomic E-state index is 14.4. The van der Waals surface area contributed by atoms with Crippen molar-refractivity contribution in [2.75, 3.05) is 49.5 Å². The highest BCUT2D eigenvalue weighted by Gasteiger charge is 2.22. The molecule has 0 unspecified atom stereocenters. The number of benzene rings is 2. The summed E-state index contributed by atoms with van der Waals surface area (Å²) in [5.74, 6) is 0.430. The van der Waals surface area contributed by atoms with Gasteiger partial charge in [-0.05, 0) is 55.7 Å². The molecule has 1 fully saturated rings. The van der Waals surface area contributed by atoms with E-state index in [1.807, 2.05) is 24.0 Å². The molecule has 1 aromatic heterocycles. The Kier molecular flexibility index (Phi) is 6.12. The Morgan fingerprint density at radius 2 is 2.00 bits per heavy atom. The molecule has 2 aromatic carbocycles. The molecule has 2 aliphatic rings. The zero-order chi connectivity index (χ0) is 23.7. The van der Waals surface area contributed by atoms with E-state index in [2.05, 4.69) is 21.3 Å². The minimum absolute atomic E-state index is 0.0349. The van der Waals surface area contributed by atoms with Crippen molar-refractivity contribution in [3.8, 4) is 11.8 Å². The zero-order valence-corrected chi connectivity index (χ0v) is 19.3. The summed E-state index contributed by atoms with van der Waals surface area (Å²) < 4.78 is 20.4. The van der Waals surface area contributed by atoms with E-state index in [1.165, 1.54) is 6.07 Å². The van der Waals surface area contributed by atoms with Gasteiger partial charge in [0.1, 0.15) is 11.6 Å². The number of fused-ring (bicyclic) bond motifs is 3. The fraction of sp³-hybridized carbons (Fsp3) is 0.385. The van der Waals surface area contributed by atoms with Gasteiger partial charge in [0.05, 0.1) is 40.5 Å². The molecule has 3 aromatic rings. The van der Waals surface area contributed by atoms with Crippen molar-refractivity contribution < 1.29 is 9.13 Å². The van der Waals surface area contributed by atoms with Crippen molar-refractivity contribution >= 4 is 22.3 Å². The van der Waals surface area contributed by atoms with Crippen LogP contribution in [0.3, 0.4) is 0 Å². The Labute approximate surface area is 197 Å². The second-order valence-corrected chi connectivity index (χ2v) is 8.83. The second kappa shape index (κ2) is 9.35. The third kappa shape index (κ3) is 4.19. The predicted molar refractivity (Wildman–Crippen MR) is 131 cm³/mol. The molecular weight excluding hydrogens is 433 g/mol. The standard InChI is InChI=1S/C26H28FN5O2/c1-2-34-23-14-18(13-21-24(23)25-19(26(33)30-21)4-3-7-29-25)16-31-8-10-32(11-9-31)22-6-5-17(15-28)12-20(22)27/h5-6,12-14,29H,2-4,7-11,16H2,1H3,(H,30,33). The highest BCUT2D eigenvalue weighted by atomic mass is 19.1. The molecule has 176 valence electrons.